The molecule has 1 aromatic carbocycles. The Morgan fingerprint density at radius 1 is 1.00 bits per heavy atom. The highest BCUT2D eigenvalue weighted by molar-refractivity contribution is 9.10. The van der Waals surface area contributed by atoms with Crippen molar-refractivity contribution in [1.82, 2.24) is 0 Å². The minimum absolute atomic E-state index is 0.134. The van der Waals surface area contributed by atoms with E-state index in [0.717, 1.165) is 4.47 Å². The maximum Gasteiger partial charge on any atom is 0.179 e. The first-order chi connectivity index (χ1) is 8.06. The fourth-order valence-electron chi connectivity index (χ4n) is 0.861. The summed E-state index contributed by atoms with van der Waals surface area (Å²) in [5, 5.41) is 0.464. The highest BCUT2D eigenvalue weighted by atomic mass is 79.9. The topological polar surface area (TPSA) is 34.1 Å². The number of halogens is 2. The van der Waals surface area contributed by atoms with Crippen molar-refractivity contribution in [3.8, 4) is 0 Å². The Hall–Kier alpha value is 0.130. The monoisotopic (exact) mass is 386 g/mol. The first-order valence-electron chi connectivity index (χ1n) is 5.60. The molecule has 0 atom stereocenters. The van der Waals surface area contributed by atoms with Gasteiger partial charge in [0.25, 0.3) is 0 Å². The summed E-state index contributed by atoms with van der Waals surface area (Å²) in [4.78, 5) is 0.371. The zero-order valence-corrected chi connectivity index (χ0v) is 14.7. The summed E-state index contributed by atoms with van der Waals surface area (Å²) in [7, 11) is -3.09. The van der Waals surface area contributed by atoms with Crippen LogP contribution in [0.25, 0.3) is 0 Å². The van der Waals surface area contributed by atoms with E-state index in [2.05, 4.69) is 31.9 Å². The molecule has 0 heterocycles. The number of hydrogen-bond acceptors (Lipinski definition) is 2. The van der Waals surface area contributed by atoms with Crippen LogP contribution >= 0.6 is 31.9 Å². The van der Waals surface area contributed by atoms with Crippen molar-refractivity contribution in [2.75, 3.05) is 11.1 Å². The average Bonchev–Trinajstić information content (AvgIpc) is 2.35. The third-order valence-electron chi connectivity index (χ3n) is 1.52. The Balaban J connectivity index is 0. The molecule has 1 rings (SSSR count). The molecule has 1 aromatic rings. The highest BCUT2D eigenvalue weighted by Gasteiger charge is 2.12. The van der Waals surface area contributed by atoms with Crippen LogP contribution in [-0.2, 0) is 9.84 Å². The molecule has 0 radical (unpaired) electrons. The minimum atomic E-state index is -3.09. The fourth-order valence-corrected chi connectivity index (χ4v) is 3.39. The van der Waals surface area contributed by atoms with Gasteiger partial charge in [-0.2, -0.15) is 0 Å². The van der Waals surface area contributed by atoms with Crippen molar-refractivity contribution in [1.29, 1.82) is 0 Å². The number of benzene rings is 1. The molecule has 0 aliphatic carbocycles. The van der Waals surface area contributed by atoms with Crippen LogP contribution in [-0.4, -0.2) is 19.5 Å². The summed E-state index contributed by atoms with van der Waals surface area (Å²) in [5.74, 6) is 0.134. The van der Waals surface area contributed by atoms with Crippen LogP contribution < -0.4 is 0 Å². The molecule has 2 nitrogen and oxygen atoms in total. The lowest BCUT2D eigenvalue weighted by Gasteiger charge is -2.01. The van der Waals surface area contributed by atoms with Crippen LogP contribution in [0.3, 0.4) is 0 Å². The highest BCUT2D eigenvalue weighted by Crippen LogP contribution is 2.15. The van der Waals surface area contributed by atoms with E-state index in [1.165, 1.54) is 0 Å². The van der Waals surface area contributed by atoms with E-state index in [9.17, 15) is 8.42 Å². The van der Waals surface area contributed by atoms with Crippen LogP contribution in [0.1, 0.15) is 27.7 Å². The number of alkyl halides is 1. The molecule has 0 unspecified atom stereocenters. The van der Waals surface area contributed by atoms with Gasteiger partial charge in [0.15, 0.2) is 9.84 Å². The van der Waals surface area contributed by atoms with E-state index in [-0.39, 0.29) is 5.75 Å². The van der Waals surface area contributed by atoms with E-state index in [1.807, 2.05) is 27.7 Å². The molecule has 0 spiro atoms. The molecule has 0 amide bonds. The predicted octanol–water partition coefficient (Wildman–Crippen LogP) is 4.67. The van der Waals surface area contributed by atoms with Crippen molar-refractivity contribution >= 4 is 41.7 Å². The predicted molar refractivity (Wildman–Crippen MR) is 82.7 cm³/mol. The van der Waals surface area contributed by atoms with Gasteiger partial charge in [0.2, 0.25) is 0 Å². The van der Waals surface area contributed by atoms with Crippen molar-refractivity contribution in [3.05, 3.63) is 28.7 Å². The molecular formula is C12H20Br2O2S. The van der Waals surface area contributed by atoms with Crippen molar-refractivity contribution in [2.45, 2.75) is 32.6 Å². The van der Waals surface area contributed by atoms with Crippen LogP contribution in [0.2, 0.25) is 0 Å². The standard InChI is InChI=1S/C8H8Br2O2S.2C2H6/c9-5-6-13(11,12)8-3-1-7(10)2-4-8;2*1-2/h1-4H,5-6H2;2*1-2H3. The summed E-state index contributed by atoms with van der Waals surface area (Å²) >= 11 is 6.36. The summed E-state index contributed by atoms with van der Waals surface area (Å²) in [6.45, 7) is 8.00. The number of sulfone groups is 1. The van der Waals surface area contributed by atoms with Crippen LogP contribution in [0, 0.1) is 0 Å². The number of rotatable bonds is 3. The molecule has 0 bridgehead atoms. The molecule has 100 valence electrons. The van der Waals surface area contributed by atoms with E-state index in [0.29, 0.717) is 10.2 Å². The van der Waals surface area contributed by atoms with E-state index >= 15 is 0 Å². The normalized spacial score (nSPS) is 9.53. The second kappa shape index (κ2) is 11.2. The van der Waals surface area contributed by atoms with E-state index in [4.69, 9.17) is 0 Å². The molecule has 0 aliphatic heterocycles. The zero-order chi connectivity index (χ0) is 13.9. The Bertz CT molecular complexity index is 372. The summed E-state index contributed by atoms with van der Waals surface area (Å²) in [5.41, 5.74) is 0. The summed E-state index contributed by atoms with van der Waals surface area (Å²) in [6.07, 6.45) is 0. The van der Waals surface area contributed by atoms with Gasteiger partial charge in [-0.3, -0.25) is 0 Å². The maximum absolute atomic E-state index is 11.5. The first kappa shape index (κ1) is 19.5. The molecule has 0 saturated carbocycles. The lowest BCUT2D eigenvalue weighted by Crippen LogP contribution is -2.07. The fraction of sp³-hybridized carbons (Fsp3) is 0.500. The second-order valence-electron chi connectivity index (χ2n) is 2.46. The third-order valence-corrected chi connectivity index (χ3v) is 4.70. The average molecular weight is 388 g/mol. The van der Waals surface area contributed by atoms with E-state index in [1.54, 1.807) is 24.3 Å². The Labute approximate surface area is 122 Å². The van der Waals surface area contributed by atoms with E-state index < -0.39 is 9.84 Å². The Kier molecular flexibility index (Phi) is 12.9. The van der Waals surface area contributed by atoms with Gasteiger partial charge in [-0.05, 0) is 24.3 Å². The molecule has 0 aromatic heterocycles. The largest absolute Gasteiger partial charge is 0.224 e. The molecule has 0 saturated heterocycles. The molecule has 0 aliphatic rings. The van der Waals surface area contributed by atoms with Gasteiger partial charge >= 0.3 is 0 Å². The summed E-state index contributed by atoms with van der Waals surface area (Å²) < 4.78 is 23.9. The number of hydrogen-bond donors (Lipinski definition) is 0. The van der Waals surface area contributed by atoms with Gasteiger partial charge in [-0.25, -0.2) is 8.42 Å². The van der Waals surface area contributed by atoms with Gasteiger partial charge in [0.05, 0.1) is 10.6 Å². The van der Waals surface area contributed by atoms with Gasteiger partial charge in [0, 0.05) is 9.80 Å². The van der Waals surface area contributed by atoms with Gasteiger partial charge in [-0.1, -0.05) is 59.6 Å². The second-order valence-corrected chi connectivity index (χ2v) is 6.28. The van der Waals surface area contributed by atoms with Crippen molar-refractivity contribution in [2.24, 2.45) is 0 Å². The minimum Gasteiger partial charge on any atom is -0.224 e. The quantitative estimate of drug-likeness (QED) is 0.706. The lowest BCUT2D eigenvalue weighted by atomic mass is 10.4. The lowest BCUT2D eigenvalue weighted by molar-refractivity contribution is 0.597. The summed E-state index contributed by atoms with van der Waals surface area (Å²) in [6, 6.07) is 6.65. The van der Waals surface area contributed by atoms with Crippen molar-refractivity contribution in [3.63, 3.8) is 0 Å². The smallest absolute Gasteiger partial charge is 0.179 e. The Morgan fingerprint density at radius 3 is 1.76 bits per heavy atom. The van der Waals surface area contributed by atoms with Crippen LogP contribution in [0.15, 0.2) is 33.6 Å². The maximum atomic E-state index is 11.5. The Morgan fingerprint density at radius 2 is 1.41 bits per heavy atom. The zero-order valence-electron chi connectivity index (χ0n) is 10.7. The van der Waals surface area contributed by atoms with Crippen LogP contribution in [0.4, 0.5) is 0 Å². The molecular weight excluding hydrogens is 368 g/mol. The molecule has 0 fully saturated rings. The van der Waals surface area contributed by atoms with Crippen LogP contribution in [0.5, 0.6) is 0 Å². The van der Waals surface area contributed by atoms with Crippen molar-refractivity contribution < 1.29 is 8.42 Å². The van der Waals surface area contributed by atoms with Gasteiger partial charge in [-0.15, -0.1) is 0 Å². The van der Waals surface area contributed by atoms with Gasteiger partial charge in [0.1, 0.15) is 0 Å². The molecule has 0 N–H and O–H groups in total. The SMILES string of the molecule is CC.CC.O=S(=O)(CCBr)c1ccc(Br)cc1. The first-order valence-corrected chi connectivity index (χ1v) is 9.17. The molecule has 5 heteroatoms. The third kappa shape index (κ3) is 7.95. The molecule has 17 heavy (non-hydrogen) atoms. The van der Waals surface area contributed by atoms with Gasteiger partial charge < -0.3 is 0 Å².